The number of carbonyl (C=O) groups is 1. The van der Waals surface area contributed by atoms with Crippen LogP contribution in [0.25, 0.3) is 0 Å². The Morgan fingerprint density at radius 1 is 1.24 bits per heavy atom. The molecule has 1 amide bonds. The number of carbonyl (C=O) groups excluding carboxylic acids is 1. The molecule has 0 bridgehead atoms. The van der Waals surface area contributed by atoms with E-state index in [2.05, 4.69) is 60.7 Å². The molecule has 0 aliphatic carbocycles. The number of nitrogens with one attached hydrogen (secondary N) is 2. The third-order valence-electron chi connectivity index (χ3n) is 3.60. The Morgan fingerprint density at radius 3 is 2.52 bits per heavy atom. The topological polar surface area (TPSA) is 66.9 Å². The SMILES string of the molecule is CCCNc1nnc(SC(C)C(=O)Nc2ccc(C(C)(C)C)cc2)s1. The molecule has 0 fully saturated rings. The van der Waals surface area contributed by atoms with E-state index < -0.39 is 0 Å². The van der Waals surface area contributed by atoms with Crippen LogP contribution in [0.4, 0.5) is 10.8 Å². The van der Waals surface area contributed by atoms with Crippen molar-refractivity contribution in [3.63, 3.8) is 0 Å². The molecule has 2 rings (SSSR count). The van der Waals surface area contributed by atoms with Crippen LogP contribution in [0.3, 0.4) is 0 Å². The second-order valence-electron chi connectivity index (χ2n) is 6.88. The molecule has 5 nitrogen and oxygen atoms in total. The van der Waals surface area contributed by atoms with Gasteiger partial charge in [-0.1, -0.05) is 62.9 Å². The van der Waals surface area contributed by atoms with E-state index in [1.807, 2.05) is 19.1 Å². The number of thioether (sulfide) groups is 1. The van der Waals surface area contributed by atoms with Gasteiger partial charge in [-0.05, 0) is 36.5 Å². The predicted molar refractivity (Wildman–Crippen MR) is 108 cm³/mol. The summed E-state index contributed by atoms with van der Waals surface area (Å²) in [6, 6.07) is 8.02. The van der Waals surface area contributed by atoms with Crippen LogP contribution in [0.2, 0.25) is 0 Å². The molecule has 1 aromatic carbocycles. The minimum atomic E-state index is -0.241. The lowest BCUT2D eigenvalue weighted by molar-refractivity contribution is -0.115. The molecular weight excluding hydrogens is 352 g/mol. The monoisotopic (exact) mass is 378 g/mol. The van der Waals surface area contributed by atoms with Gasteiger partial charge in [0.15, 0.2) is 4.34 Å². The second-order valence-corrected chi connectivity index (χ2v) is 9.44. The fourth-order valence-electron chi connectivity index (χ4n) is 2.06. The molecule has 1 unspecified atom stereocenters. The summed E-state index contributed by atoms with van der Waals surface area (Å²) in [5.41, 5.74) is 2.16. The van der Waals surface area contributed by atoms with E-state index in [1.165, 1.54) is 28.7 Å². The maximum Gasteiger partial charge on any atom is 0.237 e. The molecule has 0 spiro atoms. The standard InChI is InChI=1S/C18H26N4OS2/c1-6-11-19-16-21-22-17(25-16)24-12(2)15(23)20-14-9-7-13(8-10-14)18(3,4)5/h7-10,12H,6,11H2,1-5H3,(H,19,21)(H,20,23). The highest BCUT2D eigenvalue weighted by atomic mass is 32.2. The molecule has 2 N–H and O–H groups in total. The first kappa shape index (κ1) is 19.7. The summed E-state index contributed by atoms with van der Waals surface area (Å²) < 4.78 is 0.796. The molecule has 136 valence electrons. The quantitative estimate of drug-likeness (QED) is 0.679. The summed E-state index contributed by atoms with van der Waals surface area (Å²) in [6.45, 7) is 11.4. The Hall–Kier alpha value is -1.60. The normalized spacial score (nSPS) is 12.7. The minimum Gasteiger partial charge on any atom is -0.360 e. The first-order valence-electron chi connectivity index (χ1n) is 8.45. The largest absolute Gasteiger partial charge is 0.360 e. The Morgan fingerprint density at radius 2 is 1.92 bits per heavy atom. The van der Waals surface area contributed by atoms with E-state index in [1.54, 1.807) is 0 Å². The van der Waals surface area contributed by atoms with E-state index in [4.69, 9.17) is 0 Å². The van der Waals surface area contributed by atoms with E-state index in [0.29, 0.717) is 0 Å². The molecule has 7 heteroatoms. The number of anilines is 2. The predicted octanol–water partition coefficient (Wildman–Crippen LogP) is 4.78. The first-order valence-corrected chi connectivity index (χ1v) is 10.1. The fourth-order valence-corrected chi connectivity index (χ4v) is 3.98. The van der Waals surface area contributed by atoms with Gasteiger partial charge in [0.05, 0.1) is 5.25 Å². The van der Waals surface area contributed by atoms with Crippen molar-refractivity contribution in [3.8, 4) is 0 Å². The average Bonchev–Trinajstić information content (AvgIpc) is 3.00. The van der Waals surface area contributed by atoms with Crippen molar-refractivity contribution in [1.82, 2.24) is 10.2 Å². The zero-order valence-electron chi connectivity index (χ0n) is 15.4. The molecule has 0 aliphatic rings. The number of amides is 1. The zero-order valence-corrected chi connectivity index (χ0v) is 17.1. The third kappa shape index (κ3) is 6.01. The fraction of sp³-hybridized carbons (Fsp3) is 0.500. The molecule has 0 saturated heterocycles. The van der Waals surface area contributed by atoms with Crippen LogP contribution in [0.15, 0.2) is 28.6 Å². The van der Waals surface area contributed by atoms with Gasteiger partial charge in [-0.3, -0.25) is 4.79 Å². The lowest BCUT2D eigenvalue weighted by atomic mass is 9.87. The van der Waals surface area contributed by atoms with Crippen molar-refractivity contribution >= 4 is 39.8 Å². The molecule has 0 saturated carbocycles. The molecule has 0 radical (unpaired) electrons. The summed E-state index contributed by atoms with van der Waals surface area (Å²) in [7, 11) is 0. The van der Waals surface area contributed by atoms with Gasteiger partial charge in [0.25, 0.3) is 0 Å². The lowest BCUT2D eigenvalue weighted by Crippen LogP contribution is -2.22. The number of hydrogen-bond donors (Lipinski definition) is 2. The molecule has 0 aliphatic heterocycles. The summed E-state index contributed by atoms with van der Waals surface area (Å²) in [5, 5.41) is 14.9. The maximum absolute atomic E-state index is 12.4. The van der Waals surface area contributed by atoms with Crippen molar-refractivity contribution in [2.45, 2.75) is 56.0 Å². The van der Waals surface area contributed by atoms with E-state index in [0.717, 1.165) is 28.1 Å². The van der Waals surface area contributed by atoms with Crippen molar-refractivity contribution in [2.24, 2.45) is 0 Å². The Balaban J connectivity index is 1.90. The highest BCUT2D eigenvalue weighted by molar-refractivity contribution is 8.02. The van der Waals surface area contributed by atoms with E-state index >= 15 is 0 Å². The van der Waals surface area contributed by atoms with Gasteiger partial charge in [0.2, 0.25) is 11.0 Å². The van der Waals surface area contributed by atoms with Gasteiger partial charge in [0.1, 0.15) is 0 Å². The Bertz CT molecular complexity index is 692. The van der Waals surface area contributed by atoms with Gasteiger partial charge < -0.3 is 10.6 Å². The number of hydrogen-bond acceptors (Lipinski definition) is 6. The minimum absolute atomic E-state index is 0.0354. The van der Waals surface area contributed by atoms with Crippen molar-refractivity contribution in [3.05, 3.63) is 29.8 Å². The Kier molecular flexibility index (Phi) is 6.84. The van der Waals surface area contributed by atoms with E-state index in [9.17, 15) is 4.79 Å². The van der Waals surface area contributed by atoms with Crippen LogP contribution in [0.5, 0.6) is 0 Å². The lowest BCUT2D eigenvalue weighted by Gasteiger charge is -2.19. The molecule has 1 atom stereocenters. The molecule has 25 heavy (non-hydrogen) atoms. The zero-order chi connectivity index (χ0) is 18.4. The molecule has 2 aromatic rings. The first-order chi connectivity index (χ1) is 11.8. The van der Waals surface area contributed by atoms with Crippen molar-refractivity contribution in [1.29, 1.82) is 0 Å². The average molecular weight is 379 g/mol. The van der Waals surface area contributed by atoms with Crippen LogP contribution in [0, 0.1) is 0 Å². The van der Waals surface area contributed by atoms with Gasteiger partial charge in [0, 0.05) is 12.2 Å². The molecule has 1 heterocycles. The number of rotatable bonds is 7. The Labute approximate surface area is 158 Å². The highest BCUT2D eigenvalue weighted by Gasteiger charge is 2.18. The van der Waals surface area contributed by atoms with Crippen LogP contribution in [0.1, 0.15) is 46.6 Å². The van der Waals surface area contributed by atoms with Gasteiger partial charge in [-0.25, -0.2) is 0 Å². The number of nitrogens with zero attached hydrogens (tertiary/aromatic N) is 2. The van der Waals surface area contributed by atoms with Crippen LogP contribution >= 0.6 is 23.1 Å². The van der Waals surface area contributed by atoms with Crippen LogP contribution < -0.4 is 10.6 Å². The maximum atomic E-state index is 12.4. The number of benzene rings is 1. The second kappa shape index (κ2) is 8.67. The third-order valence-corrected chi connectivity index (χ3v) is 5.66. The van der Waals surface area contributed by atoms with Crippen LogP contribution in [-0.4, -0.2) is 27.9 Å². The summed E-state index contributed by atoms with van der Waals surface area (Å²) in [4.78, 5) is 12.4. The number of aromatic nitrogens is 2. The van der Waals surface area contributed by atoms with E-state index in [-0.39, 0.29) is 16.6 Å². The van der Waals surface area contributed by atoms with Gasteiger partial charge >= 0.3 is 0 Å². The van der Waals surface area contributed by atoms with Crippen LogP contribution in [-0.2, 0) is 10.2 Å². The smallest absolute Gasteiger partial charge is 0.237 e. The van der Waals surface area contributed by atoms with Crippen molar-refractivity contribution < 1.29 is 4.79 Å². The summed E-state index contributed by atoms with van der Waals surface area (Å²) in [5.74, 6) is -0.0354. The molecule has 1 aromatic heterocycles. The van der Waals surface area contributed by atoms with Gasteiger partial charge in [-0.15, -0.1) is 10.2 Å². The summed E-state index contributed by atoms with van der Waals surface area (Å²) >= 11 is 2.90. The summed E-state index contributed by atoms with van der Waals surface area (Å²) in [6.07, 6.45) is 1.04. The molecular formula is C18H26N4OS2. The van der Waals surface area contributed by atoms with Gasteiger partial charge in [-0.2, -0.15) is 0 Å². The van der Waals surface area contributed by atoms with Crippen molar-refractivity contribution in [2.75, 3.05) is 17.2 Å². The highest BCUT2D eigenvalue weighted by Crippen LogP contribution is 2.29.